The molecule has 0 unspecified atom stereocenters. The van der Waals surface area contributed by atoms with Crippen LogP contribution in [0.3, 0.4) is 0 Å². The fraction of sp³-hybridized carbons (Fsp3) is 0.429. The Morgan fingerprint density at radius 1 is 0.792 bits per heavy atom. The highest BCUT2D eigenvalue weighted by atomic mass is 35.5. The molecule has 0 saturated heterocycles. The Labute approximate surface area is 153 Å². The predicted octanol–water partition coefficient (Wildman–Crippen LogP) is 0.175. The minimum atomic E-state index is 0. The first-order valence-electron chi connectivity index (χ1n) is 8.44. The Kier molecular flexibility index (Phi) is 7.95. The molecule has 132 valence electrons. The largest absolute Gasteiger partial charge is 1.00 e. The van der Waals surface area contributed by atoms with Crippen LogP contribution in [0.25, 0.3) is 0 Å². The van der Waals surface area contributed by atoms with E-state index < -0.39 is 0 Å². The first-order valence-corrected chi connectivity index (χ1v) is 8.44. The van der Waals surface area contributed by atoms with Crippen LogP contribution in [0, 0.1) is 27.7 Å². The van der Waals surface area contributed by atoms with Crippen LogP contribution in [0.15, 0.2) is 36.4 Å². The first kappa shape index (κ1) is 20.7. The summed E-state index contributed by atoms with van der Waals surface area (Å²) >= 11 is 0. The van der Waals surface area contributed by atoms with Crippen molar-refractivity contribution >= 4 is 0 Å². The van der Waals surface area contributed by atoms with Crippen molar-refractivity contribution in [2.24, 2.45) is 0 Å². The number of hydrogen-bond acceptors (Lipinski definition) is 1. The molecule has 0 bridgehead atoms. The molecule has 0 aliphatic carbocycles. The molecular formula is C21H30ClNO. The van der Waals surface area contributed by atoms with Gasteiger partial charge in [0.05, 0.1) is 20.7 Å². The topological polar surface area (TPSA) is 13.7 Å². The molecule has 0 aliphatic heterocycles. The molecule has 0 saturated carbocycles. The van der Waals surface area contributed by atoms with Crippen molar-refractivity contribution in [2.75, 3.05) is 27.2 Å². The van der Waals surface area contributed by atoms with Crippen LogP contribution >= 0.6 is 0 Å². The summed E-state index contributed by atoms with van der Waals surface area (Å²) in [7, 11) is 4.33. The smallest absolute Gasteiger partial charge is 0.109 e. The number of benzene rings is 2. The van der Waals surface area contributed by atoms with Gasteiger partial charge in [0, 0.05) is 0 Å². The standard InChI is InChI=1S/C21H29NO.ClH/c1-15-9-7-10-16(2)19(15)21(23-14-13-22(5)6)20-17(3)11-8-12-18(20)4;/h7-12,21H,13-14H2,1-6H3;1H. The van der Waals surface area contributed by atoms with Crippen molar-refractivity contribution < 1.29 is 22.0 Å². The third-order valence-corrected chi connectivity index (χ3v) is 4.50. The average molecular weight is 348 g/mol. The van der Waals surface area contributed by atoms with Gasteiger partial charge in [-0.3, -0.25) is 0 Å². The van der Waals surface area contributed by atoms with Crippen LogP contribution in [0.5, 0.6) is 0 Å². The van der Waals surface area contributed by atoms with Gasteiger partial charge in [0.25, 0.3) is 0 Å². The minimum Gasteiger partial charge on any atom is -1.00 e. The van der Waals surface area contributed by atoms with Gasteiger partial charge in [-0.05, 0) is 61.1 Å². The van der Waals surface area contributed by atoms with E-state index in [9.17, 15) is 0 Å². The van der Waals surface area contributed by atoms with Crippen molar-refractivity contribution in [1.29, 1.82) is 0 Å². The second-order valence-electron chi connectivity index (χ2n) is 6.82. The molecule has 2 nitrogen and oxygen atoms in total. The predicted molar refractivity (Wildman–Crippen MR) is 97.3 cm³/mol. The molecular weight excluding hydrogens is 318 g/mol. The SMILES string of the molecule is Cc1cccc(C)c1C(OCC[NH+](C)C)c1c(C)cccc1C.[Cl-]. The van der Waals surface area contributed by atoms with Crippen molar-refractivity contribution in [1.82, 2.24) is 0 Å². The maximum atomic E-state index is 6.43. The lowest BCUT2D eigenvalue weighted by Gasteiger charge is -2.26. The summed E-state index contributed by atoms with van der Waals surface area (Å²) in [5.41, 5.74) is 7.84. The van der Waals surface area contributed by atoms with Crippen LogP contribution in [0.4, 0.5) is 0 Å². The van der Waals surface area contributed by atoms with Gasteiger partial charge in [0.1, 0.15) is 12.6 Å². The second kappa shape index (κ2) is 9.22. The highest BCUT2D eigenvalue weighted by Crippen LogP contribution is 2.34. The molecule has 0 heterocycles. The monoisotopic (exact) mass is 347 g/mol. The Bertz CT molecular complexity index is 575. The molecule has 0 atom stereocenters. The van der Waals surface area contributed by atoms with E-state index in [4.69, 9.17) is 4.74 Å². The zero-order chi connectivity index (χ0) is 17.0. The summed E-state index contributed by atoms with van der Waals surface area (Å²) in [6.07, 6.45) is 0.0109. The first-order chi connectivity index (χ1) is 10.9. The van der Waals surface area contributed by atoms with Gasteiger partial charge in [0.15, 0.2) is 0 Å². The molecule has 0 radical (unpaired) electrons. The van der Waals surface area contributed by atoms with E-state index in [1.807, 2.05) is 0 Å². The van der Waals surface area contributed by atoms with E-state index in [-0.39, 0.29) is 18.5 Å². The summed E-state index contributed by atoms with van der Waals surface area (Å²) < 4.78 is 6.43. The molecule has 2 rings (SSSR count). The fourth-order valence-corrected chi connectivity index (χ4v) is 3.17. The Morgan fingerprint density at radius 2 is 1.17 bits per heavy atom. The van der Waals surface area contributed by atoms with Gasteiger partial charge >= 0.3 is 0 Å². The van der Waals surface area contributed by atoms with Gasteiger partial charge in [-0.2, -0.15) is 0 Å². The molecule has 0 aromatic heterocycles. The second-order valence-corrected chi connectivity index (χ2v) is 6.82. The quantitative estimate of drug-likeness (QED) is 0.787. The van der Waals surface area contributed by atoms with E-state index in [0.717, 1.165) is 13.2 Å². The molecule has 3 heteroatoms. The lowest BCUT2D eigenvalue weighted by atomic mass is 9.89. The van der Waals surface area contributed by atoms with Crippen molar-refractivity contribution in [2.45, 2.75) is 33.8 Å². The van der Waals surface area contributed by atoms with Gasteiger partial charge in [-0.15, -0.1) is 0 Å². The van der Waals surface area contributed by atoms with Crippen molar-refractivity contribution in [3.63, 3.8) is 0 Å². The van der Waals surface area contributed by atoms with Crippen LogP contribution in [-0.4, -0.2) is 27.2 Å². The number of aryl methyl sites for hydroxylation is 4. The summed E-state index contributed by atoms with van der Waals surface area (Å²) in [6, 6.07) is 13.0. The number of likely N-dealkylation sites (N-methyl/N-ethyl adjacent to an activating group) is 1. The number of ether oxygens (including phenoxy) is 1. The zero-order valence-corrected chi connectivity index (χ0v) is 16.5. The molecule has 0 amide bonds. The fourth-order valence-electron chi connectivity index (χ4n) is 3.17. The van der Waals surface area contributed by atoms with Crippen LogP contribution in [0.2, 0.25) is 0 Å². The minimum absolute atomic E-state index is 0. The van der Waals surface area contributed by atoms with Crippen molar-refractivity contribution in [3.8, 4) is 0 Å². The van der Waals surface area contributed by atoms with E-state index in [1.165, 1.54) is 38.3 Å². The normalized spacial score (nSPS) is 11.0. The number of hydrogen-bond donors (Lipinski definition) is 1. The molecule has 2 aromatic carbocycles. The highest BCUT2D eigenvalue weighted by molar-refractivity contribution is 5.46. The molecule has 2 aromatic rings. The average Bonchev–Trinajstić information content (AvgIpc) is 2.45. The van der Waals surface area contributed by atoms with Crippen LogP contribution in [-0.2, 0) is 4.74 Å². The summed E-state index contributed by atoms with van der Waals surface area (Å²) in [4.78, 5) is 1.41. The molecule has 24 heavy (non-hydrogen) atoms. The summed E-state index contributed by atoms with van der Waals surface area (Å²) in [5.74, 6) is 0. The van der Waals surface area contributed by atoms with Crippen molar-refractivity contribution in [3.05, 3.63) is 69.8 Å². The van der Waals surface area contributed by atoms with Gasteiger partial charge in [-0.25, -0.2) is 0 Å². The van der Waals surface area contributed by atoms with Gasteiger partial charge in [-0.1, -0.05) is 36.4 Å². The molecule has 0 fully saturated rings. The molecule has 1 N–H and O–H groups in total. The summed E-state index contributed by atoms with van der Waals surface area (Å²) in [6.45, 7) is 10.5. The maximum absolute atomic E-state index is 6.43. The Balaban J connectivity index is 0.00000288. The number of halogens is 1. The van der Waals surface area contributed by atoms with E-state index >= 15 is 0 Å². The zero-order valence-electron chi connectivity index (χ0n) is 15.7. The molecule has 0 aliphatic rings. The van der Waals surface area contributed by atoms with Crippen LogP contribution in [0.1, 0.15) is 39.5 Å². The van der Waals surface area contributed by atoms with E-state index in [2.05, 4.69) is 78.2 Å². The molecule has 0 spiro atoms. The third kappa shape index (κ3) is 4.83. The lowest BCUT2D eigenvalue weighted by molar-refractivity contribution is -0.858. The van der Waals surface area contributed by atoms with E-state index in [1.54, 1.807) is 0 Å². The van der Waals surface area contributed by atoms with E-state index in [0.29, 0.717) is 0 Å². The lowest BCUT2D eigenvalue weighted by Crippen LogP contribution is -3.06. The highest BCUT2D eigenvalue weighted by Gasteiger charge is 2.22. The number of quaternary nitrogens is 1. The maximum Gasteiger partial charge on any atom is 0.109 e. The van der Waals surface area contributed by atoms with Gasteiger partial charge in [0.2, 0.25) is 0 Å². The summed E-state index contributed by atoms with van der Waals surface area (Å²) in [5, 5.41) is 0. The number of nitrogens with one attached hydrogen (secondary N) is 1. The van der Waals surface area contributed by atoms with Gasteiger partial charge < -0.3 is 22.0 Å². The Morgan fingerprint density at radius 3 is 1.50 bits per heavy atom. The third-order valence-electron chi connectivity index (χ3n) is 4.50. The van der Waals surface area contributed by atoms with Crippen LogP contribution < -0.4 is 17.3 Å². The Hall–Kier alpha value is -1.35. The number of rotatable bonds is 6.